The van der Waals surface area contributed by atoms with Crippen LogP contribution in [0.1, 0.15) is 25.8 Å². The molecule has 5 heteroatoms. The second-order valence-electron chi connectivity index (χ2n) is 4.75. The van der Waals surface area contributed by atoms with Gasteiger partial charge in [0, 0.05) is 12.6 Å². The third-order valence-electron chi connectivity index (χ3n) is 2.67. The highest BCUT2D eigenvalue weighted by molar-refractivity contribution is 9.10. The van der Waals surface area contributed by atoms with E-state index in [9.17, 15) is 0 Å². The molecule has 114 valence electrons. The van der Waals surface area contributed by atoms with Crippen LogP contribution in [0.4, 0.5) is 0 Å². The maximum absolute atomic E-state index is 5.83. The van der Waals surface area contributed by atoms with Crippen molar-refractivity contribution in [3.63, 3.8) is 0 Å². The summed E-state index contributed by atoms with van der Waals surface area (Å²) in [4.78, 5) is 0. The quantitative estimate of drug-likeness (QED) is 0.698. The maximum Gasteiger partial charge on any atom is 0.175 e. The highest BCUT2D eigenvalue weighted by Gasteiger charge is 2.12. The molecule has 0 aliphatic heterocycles. The molecule has 0 bridgehead atoms. The Hall–Kier alpha value is -0.780. The van der Waals surface area contributed by atoms with Crippen molar-refractivity contribution in [3.8, 4) is 11.5 Å². The van der Waals surface area contributed by atoms with E-state index >= 15 is 0 Å². The molecular formula is C15H24BrNO3. The van der Waals surface area contributed by atoms with E-state index in [2.05, 4.69) is 22.9 Å². The monoisotopic (exact) mass is 345 g/mol. The Labute approximate surface area is 129 Å². The van der Waals surface area contributed by atoms with E-state index in [0.29, 0.717) is 24.7 Å². The lowest BCUT2D eigenvalue weighted by Crippen LogP contribution is -2.17. The highest BCUT2D eigenvalue weighted by Crippen LogP contribution is 2.36. The number of rotatable bonds is 9. The van der Waals surface area contributed by atoms with E-state index in [1.807, 2.05) is 19.1 Å². The van der Waals surface area contributed by atoms with Crippen LogP contribution < -0.4 is 15.2 Å². The molecule has 0 aliphatic carbocycles. The van der Waals surface area contributed by atoms with Gasteiger partial charge in [0.1, 0.15) is 6.61 Å². The first-order valence-corrected chi connectivity index (χ1v) is 7.70. The second kappa shape index (κ2) is 9.21. The van der Waals surface area contributed by atoms with Crippen LogP contribution in [0, 0.1) is 0 Å². The van der Waals surface area contributed by atoms with Crippen molar-refractivity contribution in [1.82, 2.24) is 0 Å². The molecule has 1 unspecified atom stereocenters. The minimum Gasteiger partial charge on any atom is -0.493 e. The van der Waals surface area contributed by atoms with Crippen LogP contribution in [-0.2, 0) is 11.2 Å². The Kier molecular flexibility index (Phi) is 7.95. The minimum atomic E-state index is 0.112. The number of nitrogens with two attached hydrogens (primary N) is 1. The predicted molar refractivity (Wildman–Crippen MR) is 84.7 cm³/mol. The molecule has 0 saturated heterocycles. The first-order valence-electron chi connectivity index (χ1n) is 6.91. The summed E-state index contributed by atoms with van der Waals surface area (Å²) in [6.45, 7) is 5.90. The van der Waals surface area contributed by atoms with Crippen LogP contribution in [0.15, 0.2) is 16.6 Å². The Morgan fingerprint density at radius 3 is 2.60 bits per heavy atom. The number of halogens is 1. The Morgan fingerprint density at radius 2 is 2.00 bits per heavy atom. The van der Waals surface area contributed by atoms with Crippen LogP contribution in [0.2, 0.25) is 0 Å². The SMILES string of the molecule is CCCOCCOc1c(Br)cc(CC(C)N)cc1OC. The number of hydrogen-bond acceptors (Lipinski definition) is 4. The van der Waals surface area contributed by atoms with E-state index in [0.717, 1.165) is 29.5 Å². The van der Waals surface area contributed by atoms with Crippen molar-refractivity contribution >= 4 is 15.9 Å². The van der Waals surface area contributed by atoms with Gasteiger partial charge in [-0.25, -0.2) is 0 Å². The summed E-state index contributed by atoms with van der Waals surface area (Å²) in [6, 6.07) is 4.10. The molecule has 0 saturated carbocycles. The largest absolute Gasteiger partial charge is 0.493 e. The van der Waals surface area contributed by atoms with Crippen LogP contribution >= 0.6 is 15.9 Å². The van der Waals surface area contributed by atoms with Crippen molar-refractivity contribution in [2.75, 3.05) is 26.9 Å². The maximum atomic E-state index is 5.83. The molecule has 1 aromatic rings. The van der Waals surface area contributed by atoms with Crippen molar-refractivity contribution in [1.29, 1.82) is 0 Å². The third-order valence-corrected chi connectivity index (χ3v) is 3.26. The molecule has 1 aromatic carbocycles. The fourth-order valence-corrected chi connectivity index (χ4v) is 2.46. The van der Waals surface area contributed by atoms with Gasteiger partial charge < -0.3 is 19.9 Å². The van der Waals surface area contributed by atoms with Gasteiger partial charge in [0.25, 0.3) is 0 Å². The average molecular weight is 346 g/mol. The summed E-state index contributed by atoms with van der Waals surface area (Å²) in [5.74, 6) is 1.42. The smallest absolute Gasteiger partial charge is 0.175 e. The molecule has 0 heterocycles. The van der Waals surface area contributed by atoms with E-state index in [-0.39, 0.29) is 6.04 Å². The summed E-state index contributed by atoms with van der Waals surface area (Å²) in [5, 5.41) is 0. The molecule has 2 N–H and O–H groups in total. The zero-order valence-electron chi connectivity index (χ0n) is 12.4. The van der Waals surface area contributed by atoms with E-state index in [4.69, 9.17) is 19.9 Å². The van der Waals surface area contributed by atoms with Crippen molar-refractivity contribution in [3.05, 3.63) is 22.2 Å². The number of hydrogen-bond donors (Lipinski definition) is 1. The zero-order chi connectivity index (χ0) is 15.0. The number of methoxy groups -OCH3 is 1. The molecular weight excluding hydrogens is 322 g/mol. The van der Waals surface area contributed by atoms with Crippen LogP contribution in [0.25, 0.3) is 0 Å². The molecule has 0 radical (unpaired) electrons. The summed E-state index contributed by atoms with van der Waals surface area (Å²) in [5.41, 5.74) is 6.95. The molecule has 0 spiro atoms. The van der Waals surface area contributed by atoms with Crippen molar-refractivity contribution < 1.29 is 14.2 Å². The molecule has 0 aromatic heterocycles. The number of ether oxygens (including phenoxy) is 3. The van der Waals surface area contributed by atoms with E-state index in [1.165, 1.54) is 0 Å². The fourth-order valence-electron chi connectivity index (χ4n) is 1.85. The van der Waals surface area contributed by atoms with Gasteiger partial charge in [-0.1, -0.05) is 6.92 Å². The van der Waals surface area contributed by atoms with Gasteiger partial charge in [-0.15, -0.1) is 0 Å². The van der Waals surface area contributed by atoms with Gasteiger partial charge in [-0.2, -0.15) is 0 Å². The Bertz CT molecular complexity index is 410. The van der Waals surface area contributed by atoms with E-state index < -0.39 is 0 Å². The summed E-state index contributed by atoms with van der Waals surface area (Å²) < 4.78 is 17.4. The standard InChI is InChI=1S/C15H24BrNO3/c1-4-5-19-6-7-20-15-13(16)9-12(8-11(2)17)10-14(15)18-3/h9-11H,4-8,17H2,1-3H3. The third kappa shape index (κ3) is 5.69. The minimum absolute atomic E-state index is 0.112. The van der Waals surface area contributed by atoms with Gasteiger partial charge in [0.15, 0.2) is 11.5 Å². The van der Waals surface area contributed by atoms with Gasteiger partial charge in [-0.05, 0) is 53.4 Å². The zero-order valence-corrected chi connectivity index (χ0v) is 14.0. The molecule has 0 aliphatic rings. The lowest BCUT2D eigenvalue weighted by atomic mass is 10.1. The average Bonchev–Trinajstić information content (AvgIpc) is 2.39. The Morgan fingerprint density at radius 1 is 1.25 bits per heavy atom. The van der Waals surface area contributed by atoms with Crippen molar-refractivity contribution in [2.45, 2.75) is 32.7 Å². The topological polar surface area (TPSA) is 53.7 Å². The molecule has 20 heavy (non-hydrogen) atoms. The second-order valence-corrected chi connectivity index (χ2v) is 5.61. The first kappa shape index (κ1) is 17.3. The fraction of sp³-hybridized carbons (Fsp3) is 0.600. The summed E-state index contributed by atoms with van der Waals surface area (Å²) >= 11 is 3.52. The van der Waals surface area contributed by atoms with Gasteiger partial charge in [-0.3, -0.25) is 0 Å². The lowest BCUT2D eigenvalue weighted by Gasteiger charge is -2.15. The lowest BCUT2D eigenvalue weighted by molar-refractivity contribution is 0.0992. The van der Waals surface area contributed by atoms with Crippen molar-refractivity contribution in [2.24, 2.45) is 5.73 Å². The molecule has 1 rings (SSSR count). The van der Waals surface area contributed by atoms with Gasteiger partial charge in [0.05, 0.1) is 18.2 Å². The van der Waals surface area contributed by atoms with Crippen LogP contribution in [0.3, 0.4) is 0 Å². The predicted octanol–water partition coefficient (Wildman–Crippen LogP) is 3.15. The summed E-state index contributed by atoms with van der Waals surface area (Å²) in [6.07, 6.45) is 1.81. The van der Waals surface area contributed by atoms with Crippen LogP contribution in [-0.4, -0.2) is 33.0 Å². The molecule has 4 nitrogen and oxygen atoms in total. The molecule has 0 fully saturated rings. The van der Waals surface area contributed by atoms with Gasteiger partial charge in [0.2, 0.25) is 0 Å². The molecule has 0 amide bonds. The first-order chi connectivity index (χ1) is 9.58. The number of benzene rings is 1. The molecule has 1 atom stereocenters. The Balaban J connectivity index is 2.69. The normalized spacial score (nSPS) is 12.2. The van der Waals surface area contributed by atoms with Gasteiger partial charge >= 0.3 is 0 Å². The van der Waals surface area contributed by atoms with Crippen LogP contribution in [0.5, 0.6) is 11.5 Å². The summed E-state index contributed by atoms with van der Waals surface area (Å²) in [7, 11) is 1.64. The van der Waals surface area contributed by atoms with E-state index in [1.54, 1.807) is 7.11 Å². The highest BCUT2D eigenvalue weighted by atomic mass is 79.9.